The molecule has 1 amide bonds. The van der Waals surface area contributed by atoms with Crippen LogP contribution in [0, 0.1) is 11.2 Å². The molecule has 1 fully saturated rings. The van der Waals surface area contributed by atoms with E-state index in [1.54, 1.807) is 37.4 Å². The molecule has 8 nitrogen and oxygen atoms in total. The first kappa shape index (κ1) is 23.1. The minimum atomic E-state index is -0.825. The van der Waals surface area contributed by atoms with Crippen molar-refractivity contribution in [2.75, 3.05) is 26.0 Å². The highest BCUT2D eigenvalue weighted by atomic mass is 32.2. The van der Waals surface area contributed by atoms with Gasteiger partial charge in [0.25, 0.3) is 0 Å². The summed E-state index contributed by atoms with van der Waals surface area (Å²) in [6.07, 6.45) is 4.39. The van der Waals surface area contributed by atoms with E-state index in [-0.39, 0.29) is 24.9 Å². The van der Waals surface area contributed by atoms with Crippen molar-refractivity contribution in [2.24, 2.45) is 5.41 Å². The maximum atomic E-state index is 13.5. The molecule has 0 atom stereocenters. The van der Waals surface area contributed by atoms with Gasteiger partial charge in [-0.25, -0.2) is 19.3 Å². The van der Waals surface area contributed by atoms with E-state index in [0.717, 1.165) is 0 Å². The summed E-state index contributed by atoms with van der Waals surface area (Å²) >= 11 is 1.42. The predicted molar refractivity (Wildman–Crippen MR) is 123 cm³/mol. The highest BCUT2D eigenvalue weighted by molar-refractivity contribution is 7.98. The Bertz CT molecular complexity index is 1140. The van der Waals surface area contributed by atoms with Gasteiger partial charge in [-0.2, -0.15) is 0 Å². The lowest BCUT2D eigenvalue weighted by molar-refractivity contribution is -0.230. The number of aromatic amines is 1. The molecule has 1 saturated heterocycles. The Hall–Kier alpha value is -3.08. The summed E-state index contributed by atoms with van der Waals surface area (Å²) in [5.41, 5.74) is 1.74. The van der Waals surface area contributed by atoms with E-state index >= 15 is 0 Å². The lowest BCUT2D eigenvalue weighted by Crippen LogP contribution is -2.48. The fourth-order valence-electron chi connectivity index (χ4n) is 3.36. The molecule has 1 aliphatic rings. The zero-order valence-corrected chi connectivity index (χ0v) is 19.1. The van der Waals surface area contributed by atoms with Gasteiger partial charge in [-0.3, -0.25) is 4.79 Å². The van der Waals surface area contributed by atoms with E-state index in [2.05, 4.69) is 26.8 Å². The number of carbonyl (C=O) groups is 1. The van der Waals surface area contributed by atoms with E-state index in [4.69, 9.17) is 14.5 Å². The van der Waals surface area contributed by atoms with Gasteiger partial charge in [-0.15, -0.1) is 6.58 Å². The number of carbonyl (C=O) groups excluding carboxylic acids is 1. The van der Waals surface area contributed by atoms with Gasteiger partial charge < -0.3 is 19.8 Å². The third-order valence-corrected chi connectivity index (χ3v) is 5.76. The number of hydrogen-bond donors (Lipinski definition) is 2. The zero-order chi connectivity index (χ0) is 23.4. The molecule has 0 unspecified atom stereocenters. The van der Waals surface area contributed by atoms with Crippen LogP contribution in [-0.4, -0.2) is 51.9 Å². The number of hydrogen-bond acceptors (Lipinski definition) is 7. The van der Waals surface area contributed by atoms with Crippen molar-refractivity contribution in [3.63, 3.8) is 0 Å². The van der Waals surface area contributed by atoms with Crippen molar-refractivity contribution in [1.29, 1.82) is 0 Å². The minimum absolute atomic E-state index is 0.159. The molecule has 2 N–H and O–H groups in total. The second kappa shape index (κ2) is 9.82. The van der Waals surface area contributed by atoms with Gasteiger partial charge in [0.2, 0.25) is 12.2 Å². The van der Waals surface area contributed by atoms with Crippen LogP contribution >= 0.6 is 11.8 Å². The van der Waals surface area contributed by atoms with Gasteiger partial charge in [0.05, 0.1) is 35.7 Å². The first-order valence-electron chi connectivity index (χ1n) is 10.3. The summed E-state index contributed by atoms with van der Waals surface area (Å²) in [5.74, 6) is -0.0727. The predicted octanol–water partition coefficient (Wildman–Crippen LogP) is 3.75. The smallest absolute Gasteiger partial charge is 0.230 e. The number of H-pyrrole nitrogens is 1. The Labute approximate surface area is 195 Å². The Morgan fingerprint density at radius 1 is 1.30 bits per heavy atom. The Morgan fingerprint density at radius 2 is 2.03 bits per heavy atom. The topological polar surface area (TPSA) is 102 Å². The summed E-state index contributed by atoms with van der Waals surface area (Å²) in [4.78, 5) is 29.2. The second-order valence-corrected chi connectivity index (χ2v) is 8.57. The average molecular weight is 470 g/mol. The van der Waals surface area contributed by atoms with Gasteiger partial charge in [0.15, 0.2) is 11.0 Å². The summed E-state index contributed by atoms with van der Waals surface area (Å²) < 4.78 is 25.3. The third-order valence-electron chi connectivity index (χ3n) is 5.20. The van der Waals surface area contributed by atoms with E-state index in [0.29, 0.717) is 40.2 Å². The first-order chi connectivity index (χ1) is 15.9. The highest BCUT2D eigenvalue weighted by Crippen LogP contribution is 2.35. The maximum absolute atomic E-state index is 13.5. The molecule has 0 radical (unpaired) electrons. The maximum Gasteiger partial charge on any atom is 0.230 e. The van der Waals surface area contributed by atoms with Crippen LogP contribution in [0.3, 0.4) is 0 Å². The summed E-state index contributed by atoms with van der Waals surface area (Å²) in [7, 11) is 0. The molecule has 3 heterocycles. The van der Waals surface area contributed by atoms with E-state index in [1.165, 1.54) is 23.9 Å². The normalized spacial score (nSPS) is 20.4. The standard InChI is InChI=1S/C23H24FN5O3S/c1-4-10-25-21(30)23(2)12-31-20(32-13-23)19-28-17(14-5-7-15(24)8-6-14)18(29-19)16-9-11-26-22(27-16)33-3/h4-9,11,20H,1,10,12-13H2,2-3H3,(H,25,30)(H,28,29). The molecule has 4 rings (SSSR count). The monoisotopic (exact) mass is 469 g/mol. The van der Waals surface area contributed by atoms with Crippen LogP contribution in [0.15, 0.2) is 54.3 Å². The van der Waals surface area contributed by atoms with Gasteiger partial charge >= 0.3 is 0 Å². The molecule has 33 heavy (non-hydrogen) atoms. The van der Waals surface area contributed by atoms with Gasteiger partial charge in [-0.1, -0.05) is 17.8 Å². The van der Waals surface area contributed by atoms with Crippen molar-refractivity contribution >= 4 is 17.7 Å². The van der Waals surface area contributed by atoms with Crippen LogP contribution in [0.2, 0.25) is 0 Å². The molecule has 0 spiro atoms. The lowest BCUT2D eigenvalue weighted by Gasteiger charge is -2.35. The van der Waals surface area contributed by atoms with Gasteiger partial charge in [-0.05, 0) is 43.5 Å². The van der Waals surface area contributed by atoms with Crippen molar-refractivity contribution in [3.8, 4) is 22.6 Å². The quantitative estimate of drug-likeness (QED) is 0.309. The number of aromatic nitrogens is 4. The minimum Gasteiger partial charge on any atom is -0.352 e. The molecule has 0 saturated carbocycles. The zero-order valence-electron chi connectivity index (χ0n) is 18.3. The highest BCUT2D eigenvalue weighted by Gasteiger charge is 2.40. The third kappa shape index (κ3) is 4.97. The summed E-state index contributed by atoms with van der Waals surface area (Å²) in [5, 5.41) is 3.39. The molecule has 172 valence electrons. The van der Waals surface area contributed by atoms with Crippen LogP contribution in [0.5, 0.6) is 0 Å². The molecule has 1 aliphatic heterocycles. The van der Waals surface area contributed by atoms with Crippen LogP contribution < -0.4 is 5.32 Å². The fourth-order valence-corrected chi connectivity index (χ4v) is 3.72. The molecular weight excluding hydrogens is 445 g/mol. The molecule has 2 aromatic heterocycles. The lowest BCUT2D eigenvalue weighted by atomic mass is 9.91. The molecule has 0 aliphatic carbocycles. The van der Waals surface area contributed by atoms with Crippen molar-refractivity contribution in [2.45, 2.75) is 18.4 Å². The average Bonchev–Trinajstić information content (AvgIpc) is 3.29. The molecular formula is C23H24FN5O3S. The summed E-state index contributed by atoms with van der Waals surface area (Å²) in [6.45, 7) is 6.08. The number of rotatable bonds is 7. The van der Waals surface area contributed by atoms with Crippen LogP contribution in [0.1, 0.15) is 19.0 Å². The number of imidazole rings is 1. The fraction of sp³-hybridized carbons (Fsp3) is 0.304. The van der Waals surface area contributed by atoms with E-state index in [1.807, 2.05) is 6.26 Å². The molecule has 10 heteroatoms. The van der Waals surface area contributed by atoms with E-state index in [9.17, 15) is 9.18 Å². The Morgan fingerprint density at radius 3 is 2.70 bits per heavy atom. The summed E-state index contributed by atoms with van der Waals surface area (Å²) in [6, 6.07) is 7.83. The van der Waals surface area contributed by atoms with Crippen LogP contribution in [-0.2, 0) is 14.3 Å². The number of amides is 1. The molecule has 0 bridgehead atoms. The number of nitrogens with zero attached hydrogens (tertiary/aromatic N) is 3. The number of thioether (sulfide) groups is 1. The first-order valence-corrected chi connectivity index (χ1v) is 11.5. The van der Waals surface area contributed by atoms with Crippen molar-refractivity contribution < 1.29 is 18.7 Å². The largest absolute Gasteiger partial charge is 0.352 e. The van der Waals surface area contributed by atoms with E-state index < -0.39 is 11.7 Å². The second-order valence-electron chi connectivity index (χ2n) is 7.79. The molecule has 1 aromatic carbocycles. The number of ether oxygens (including phenoxy) is 2. The van der Waals surface area contributed by atoms with Crippen molar-refractivity contribution in [3.05, 3.63) is 60.8 Å². The van der Waals surface area contributed by atoms with Gasteiger partial charge in [0, 0.05) is 18.3 Å². The Kier molecular flexibility index (Phi) is 6.87. The molecule has 3 aromatic rings. The number of halogens is 1. The number of benzene rings is 1. The SMILES string of the molecule is C=CCNC(=O)C1(C)COC(c2nc(-c3ccc(F)cc3)c(-c3ccnc(SC)n3)[nH]2)OC1. The van der Waals surface area contributed by atoms with Crippen LogP contribution in [0.25, 0.3) is 22.6 Å². The number of nitrogens with one attached hydrogen (secondary N) is 2. The van der Waals surface area contributed by atoms with Crippen molar-refractivity contribution in [1.82, 2.24) is 25.3 Å². The van der Waals surface area contributed by atoms with Crippen LogP contribution in [0.4, 0.5) is 4.39 Å². The Balaban J connectivity index is 1.64. The van der Waals surface area contributed by atoms with Gasteiger partial charge in [0.1, 0.15) is 5.82 Å².